The molecule has 0 aliphatic rings. The molecule has 0 fully saturated rings. The molecule has 1 heterocycles. The Morgan fingerprint density at radius 3 is 2.67 bits per heavy atom. The first-order chi connectivity index (χ1) is 7.18. The van der Waals surface area contributed by atoms with E-state index in [0.717, 1.165) is 0 Å². The molecule has 1 aromatic heterocycles. The highest BCUT2D eigenvalue weighted by molar-refractivity contribution is 9.10. The summed E-state index contributed by atoms with van der Waals surface area (Å²) < 4.78 is 5.56. The zero-order valence-corrected chi connectivity index (χ0v) is 9.88. The second kappa shape index (κ2) is 4.21. The summed E-state index contributed by atoms with van der Waals surface area (Å²) in [5, 5.41) is 0.582. The van der Waals surface area contributed by atoms with E-state index in [2.05, 4.69) is 15.9 Å². The van der Waals surface area contributed by atoms with Crippen LogP contribution in [0.2, 0.25) is 5.02 Å². The highest BCUT2D eigenvalue weighted by Gasteiger charge is 2.11. The Labute approximate surface area is 100.0 Å². The molecule has 0 saturated heterocycles. The topological polar surface area (TPSA) is 30.2 Å². The lowest BCUT2D eigenvalue weighted by molar-refractivity contribution is 0.103. The van der Waals surface area contributed by atoms with Crippen molar-refractivity contribution in [3.63, 3.8) is 0 Å². The Morgan fingerprint density at radius 2 is 2.07 bits per heavy atom. The smallest absolute Gasteiger partial charge is 0.196 e. The summed E-state index contributed by atoms with van der Waals surface area (Å²) >= 11 is 9.10. The molecule has 0 radical (unpaired) electrons. The third kappa shape index (κ3) is 2.13. The lowest BCUT2D eigenvalue weighted by Gasteiger charge is -2.00. The lowest BCUT2D eigenvalue weighted by Crippen LogP contribution is -1.99. The summed E-state index contributed by atoms with van der Waals surface area (Å²) in [7, 11) is 0. The van der Waals surface area contributed by atoms with Crippen LogP contribution in [0.15, 0.2) is 45.7 Å². The van der Waals surface area contributed by atoms with E-state index in [1.165, 1.54) is 12.5 Å². The van der Waals surface area contributed by atoms with Gasteiger partial charge in [-0.2, -0.15) is 0 Å². The SMILES string of the molecule is O=C(c1ccoc1)c1ccc(Cl)c(Br)c1. The fourth-order valence-corrected chi connectivity index (χ4v) is 1.69. The highest BCUT2D eigenvalue weighted by atomic mass is 79.9. The molecular weight excluding hydrogens is 279 g/mol. The van der Waals surface area contributed by atoms with E-state index in [4.69, 9.17) is 16.0 Å². The first kappa shape index (κ1) is 10.5. The maximum absolute atomic E-state index is 11.8. The van der Waals surface area contributed by atoms with Crippen molar-refractivity contribution in [2.24, 2.45) is 0 Å². The van der Waals surface area contributed by atoms with Crippen molar-refractivity contribution in [1.29, 1.82) is 0 Å². The van der Waals surface area contributed by atoms with Crippen LogP contribution in [0.3, 0.4) is 0 Å². The van der Waals surface area contributed by atoms with Gasteiger partial charge >= 0.3 is 0 Å². The van der Waals surface area contributed by atoms with Crippen LogP contribution in [-0.2, 0) is 0 Å². The molecule has 0 N–H and O–H groups in total. The predicted octanol–water partition coefficient (Wildman–Crippen LogP) is 3.93. The van der Waals surface area contributed by atoms with Gasteiger partial charge in [-0.1, -0.05) is 11.6 Å². The molecule has 1 aromatic carbocycles. The van der Waals surface area contributed by atoms with Gasteiger partial charge in [0, 0.05) is 10.0 Å². The van der Waals surface area contributed by atoms with Gasteiger partial charge in [-0.15, -0.1) is 0 Å². The Kier molecular flexibility index (Phi) is 2.93. The van der Waals surface area contributed by atoms with Gasteiger partial charge in [0.25, 0.3) is 0 Å². The fourth-order valence-electron chi connectivity index (χ4n) is 1.20. The van der Waals surface area contributed by atoms with Crippen molar-refractivity contribution >= 4 is 33.3 Å². The Balaban J connectivity index is 2.39. The largest absolute Gasteiger partial charge is 0.472 e. The molecule has 0 bridgehead atoms. The van der Waals surface area contributed by atoms with Crippen LogP contribution in [0.5, 0.6) is 0 Å². The molecule has 0 atom stereocenters. The molecule has 0 amide bonds. The average Bonchev–Trinajstić information content (AvgIpc) is 2.74. The number of furan rings is 1. The van der Waals surface area contributed by atoms with Gasteiger partial charge in [0.05, 0.1) is 16.8 Å². The first-order valence-electron chi connectivity index (χ1n) is 4.20. The molecule has 0 saturated carbocycles. The van der Waals surface area contributed by atoms with Crippen molar-refractivity contribution in [2.75, 3.05) is 0 Å². The molecule has 15 heavy (non-hydrogen) atoms. The third-order valence-electron chi connectivity index (χ3n) is 1.97. The van der Waals surface area contributed by atoms with E-state index in [-0.39, 0.29) is 5.78 Å². The summed E-state index contributed by atoms with van der Waals surface area (Å²) in [5.41, 5.74) is 1.11. The molecule has 2 aromatic rings. The van der Waals surface area contributed by atoms with Crippen LogP contribution < -0.4 is 0 Å². The summed E-state index contributed by atoms with van der Waals surface area (Å²) in [4.78, 5) is 11.8. The van der Waals surface area contributed by atoms with Crippen LogP contribution in [-0.4, -0.2) is 5.78 Å². The average molecular weight is 286 g/mol. The minimum Gasteiger partial charge on any atom is -0.472 e. The molecular formula is C11H6BrClO2. The second-order valence-corrected chi connectivity index (χ2v) is 4.23. The molecule has 4 heteroatoms. The normalized spacial score (nSPS) is 10.3. The van der Waals surface area contributed by atoms with Crippen molar-refractivity contribution in [3.05, 3.63) is 57.4 Å². The van der Waals surface area contributed by atoms with E-state index in [0.29, 0.717) is 20.6 Å². The van der Waals surface area contributed by atoms with E-state index < -0.39 is 0 Å². The van der Waals surface area contributed by atoms with E-state index >= 15 is 0 Å². The lowest BCUT2D eigenvalue weighted by atomic mass is 10.1. The summed E-state index contributed by atoms with van der Waals surface area (Å²) in [6.07, 6.45) is 2.89. The van der Waals surface area contributed by atoms with Gasteiger partial charge < -0.3 is 4.42 Å². The zero-order chi connectivity index (χ0) is 10.8. The van der Waals surface area contributed by atoms with Crippen LogP contribution in [0.1, 0.15) is 15.9 Å². The number of carbonyl (C=O) groups is 1. The number of rotatable bonds is 2. The molecule has 2 nitrogen and oxygen atoms in total. The molecule has 0 unspecified atom stereocenters. The van der Waals surface area contributed by atoms with Gasteiger partial charge in [-0.3, -0.25) is 4.79 Å². The number of ketones is 1. The number of hydrogen-bond acceptors (Lipinski definition) is 2. The number of hydrogen-bond donors (Lipinski definition) is 0. The molecule has 0 aliphatic carbocycles. The number of halogens is 2. The van der Waals surface area contributed by atoms with Gasteiger partial charge in [0.1, 0.15) is 6.26 Å². The van der Waals surface area contributed by atoms with Crippen molar-refractivity contribution in [2.45, 2.75) is 0 Å². The summed E-state index contributed by atoms with van der Waals surface area (Å²) in [6, 6.07) is 6.68. The highest BCUT2D eigenvalue weighted by Crippen LogP contribution is 2.24. The maximum atomic E-state index is 11.8. The fraction of sp³-hybridized carbons (Fsp3) is 0. The Bertz CT molecular complexity index is 491. The first-order valence-corrected chi connectivity index (χ1v) is 5.37. The third-order valence-corrected chi connectivity index (χ3v) is 3.18. The molecule has 2 rings (SSSR count). The van der Waals surface area contributed by atoms with E-state index in [1.807, 2.05) is 0 Å². The molecule has 0 aliphatic heterocycles. The van der Waals surface area contributed by atoms with Gasteiger partial charge in [-0.25, -0.2) is 0 Å². The zero-order valence-electron chi connectivity index (χ0n) is 7.54. The van der Waals surface area contributed by atoms with Crippen molar-refractivity contribution in [1.82, 2.24) is 0 Å². The van der Waals surface area contributed by atoms with Crippen LogP contribution in [0.4, 0.5) is 0 Å². The summed E-state index contributed by atoms with van der Waals surface area (Å²) in [5.74, 6) is -0.0823. The Hall–Kier alpha value is -1.06. The monoisotopic (exact) mass is 284 g/mol. The van der Waals surface area contributed by atoms with Crippen LogP contribution in [0.25, 0.3) is 0 Å². The predicted molar refractivity (Wildman–Crippen MR) is 61.3 cm³/mol. The quantitative estimate of drug-likeness (QED) is 0.783. The van der Waals surface area contributed by atoms with E-state index in [1.54, 1.807) is 24.3 Å². The minimum absolute atomic E-state index is 0.0823. The molecule has 76 valence electrons. The minimum atomic E-state index is -0.0823. The van der Waals surface area contributed by atoms with Crippen molar-refractivity contribution in [3.8, 4) is 0 Å². The van der Waals surface area contributed by atoms with Crippen LogP contribution in [0, 0.1) is 0 Å². The standard InChI is InChI=1S/C11H6BrClO2/c12-9-5-7(1-2-10(9)13)11(14)8-3-4-15-6-8/h1-6H. The van der Waals surface area contributed by atoms with Gasteiger partial charge in [-0.05, 0) is 40.2 Å². The van der Waals surface area contributed by atoms with Crippen LogP contribution >= 0.6 is 27.5 Å². The number of carbonyl (C=O) groups excluding carboxylic acids is 1. The number of benzene rings is 1. The van der Waals surface area contributed by atoms with Gasteiger partial charge in [0.2, 0.25) is 0 Å². The second-order valence-electron chi connectivity index (χ2n) is 2.97. The van der Waals surface area contributed by atoms with Crippen molar-refractivity contribution < 1.29 is 9.21 Å². The molecule has 0 spiro atoms. The maximum Gasteiger partial charge on any atom is 0.196 e. The Morgan fingerprint density at radius 1 is 1.27 bits per heavy atom. The summed E-state index contributed by atoms with van der Waals surface area (Å²) in [6.45, 7) is 0. The van der Waals surface area contributed by atoms with E-state index in [9.17, 15) is 4.79 Å². The van der Waals surface area contributed by atoms with Gasteiger partial charge in [0.15, 0.2) is 5.78 Å².